The van der Waals surface area contributed by atoms with Gasteiger partial charge in [0.15, 0.2) is 6.10 Å². The van der Waals surface area contributed by atoms with Crippen LogP contribution in [-0.2, 0) is 42.2 Å². The minimum absolute atomic E-state index is 0.135. The van der Waals surface area contributed by atoms with Crippen molar-refractivity contribution in [3.05, 3.63) is 97.2 Å². The molecular formula is C60H101O11P. The lowest BCUT2D eigenvalue weighted by Crippen LogP contribution is -2.30. The lowest BCUT2D eigenvalue weighted by Gasteiger charge is -2.21. The molecule has 3 atom stereocenters. The highest BCUT2D eigenvalue weighted by Gasteiger charge is 2.28. The Hall–Kier alpha value is -3.60. The molecule has 3 unspecified atom stereocenters. The van der Waals surface area contributed by atoms with Gasteiger partial charge in [-0.25, -0.2) is 4.57 Å². The van der Waals surface area contributed by atoms with Crippen molar-refractivity contribution in [3.63, 3.8) is 0 Å². The number of phosphoric acid groups is 1. The monoisotopic (exact) mass is 1030 g/mol. The third kappa shape index (κ3) is 51.3. The van der Waals surface area contributed by atoms with Crippen LogP contribution in [0, 0.1) is 0 Å². The first-order valence-electron chi connectivity index (χ1n) is 28.1. The van der Waals surface area contributed by atoms with Crippen LogP contribution in [0.5, 0.6) is 0 Å². The summed E-state index contributed by atoms with van der Waals surface area (Å²) in [7, 11) is -4.77. The van der Waals surface area contributed by atoms with Crippen LogP contribution in [0.2, 0.25) is 0 Å². The highest BCUT2D eigenvalue weighted by atomic mass is 31.2. The van der Waals surface area contributed by atoms with Crippen molar-refractivity contribution in [1.29, 1.82) is 0 Å². The second kappa shape index (κ2) is 53.7. The normalized spacial score (nSPS) is 14.1. The van der Waals surface area contributed by atoms with Gasteiger partial charge in [-0.2, -0.15) is 0 Å². The quantitative estimate of drug-likeness (QED) is 0.0197. The molecule has 0 aromatic carbocycles. The van der Waals surface area contributed by atoms with Crippen molar-refractivity contribution in [1.82, 2.24) is 0 Å². The topological polar surface area (TPSA) is 155 Å². The third-order valence-electron chi connectivity index (χ3n) is 11.5. The summed E-state index contributed by atoms with van der Waals surface area (Å²) in [5.41, 5.74) is 0. The second-order valence-electron chi connectivity index (χ2n) is 18.3. The molecule has 0 spiro atoms. The predicted octanol–water partition coefficient (Wildman–Crippen LogP) is 16.5. The van der Waals surface area contributed by atoms with Crippen molar-refractivity contribution in [3.8, 4) is 0 Å². The lowest BCUT2D eigenvalue weighted by atomic mass is 10.1. The minimum Gasteiger partial charge on any atom is -0.462 e. The summed E-state index contributed by atoms with van der Waals surface area (Å²) in [5.74, 6) is -1.56. The third-order valence-corrected chi connectivity index (χ3v) is 12.4. The Morgan fingerprint density at radius 2 is 0.722 bits per heavy atom. The number of carbonyl (C=O) groups excluding carboxylic acids is 3. The molecule has 0 bridgehead atoms. The molecule has 12 heteroatoms. The zero-order chi connectivity index (χ0) is 52.7. The summed E-state index contributed by atoms with van der Waals surface area (Å²) in [6, 6.07) is 0. The Kier molecular flexibility index (Phi) is 51.0. The molecular weight excluding hydrogens is 928 g/mol. The largest absolute Gasteiger partial charge is 0.472 e. The Morgan fingerprint density at radius 1 is 0.403 bits per heavy atom. The van der Waals surface area contributed by atoms with Crippen LogP contribution in [0.25, 0.3) is 0 Å². The number of hydrogen-bond acceptors (Lipinski definition) is 10. The molecule has 0 saturated carbocycles. The van der Waals surface area contributed by atoms with E-state index in [-0.39, 0.29) is 25.9 Å². The second-order valence-corrected chi connectivity index (χ2v) is 19.8. The summed E-state index contributed by atoms with van der Waals surface area (Å²) in [5, 5.41) is 9.79. The maximum absolute atomic E-state index is 12.9. The predicted molar refractivity (Wildman–Crippen MR) is 297 cm³/mol. The maximum Gasteiger partial charge on any atom is 0.472 e. The van der Waals surface area contributed by atoms with Gasteiger partial charge in [0.1, 0.15) is 12.7 Å². The van der Waals surface area contributed by atoms with Crippen LogP contribution in [-0.4, -0.2) is 66.5 Å². The fourth-order valence-corrected chi connectivity index (χ4v) is 8.02. The van der Waals surface area contributed by atoms with Gasteiger partial charge in [0.05, 0.1) is 19.8 Å². The lowest BCUT2D eigenvalue weighted by molar-refractivity contribution is -0.161. The number of esters is 3. The Bertz CT molecular complexity index is 1580. The highest BCUT2D eigenvalue weighted by Crippen LogP contribution is 2.43. The van der Waals surface area contributed by atoms with E-state index in [2.05, 4.69) is 118 Å². The fraction of sp³-hybridized carbons (Fsp3) is 0.683. The van der Waals surface area contributed by atoms with Crippen molar-refractivity contribution in [2.24, 2.45) is 0 Å². The molecule has 11 nitrogen and oxygen atoms in total. The number of phosphoric ester groups is 1. The van der Waals surface area contributed by atoms with E-state index in [9.17, 15) is 28.9 Å². The average molecular weight is 1030 g/mol. The number of aliphatic hydroxyl groups is 1. The first-order chi connectivity index (χ1) is 35.2. The molecule has 0 aromatic heterocycles. The number of unbranched alkanes of at least 4 members (excludes halogenated alkanes) is 18. The smallest absolute Gasteiger partial charge is 0.462 e. The van der Waals surface area contributed by atoms with Crippen molar-refractivity contribution in [2.45, 2.75) is 238 Å². The molecule has 0 rings (SSSR count). The van der Waals surface area contributed by atoms with E-state index in [1.54, 1.807) is 0 Å². The summed E-state index contributed by atoms with van der Waals surface area (Å²) in [4.78, 5) is 48.5. The van der Waals surface area contributed by atoms with Gasteiger partial charge in [0, 0.05) is 19.3 Å². The minimum atomic E-state index is -4.77. The van der Waals surface area contributed by atoms with E-state index in [1.807, 2.05) is 0 Å². The van der Waals surface area contributed by atoms with Crippen LogP contribution in [0.1, 0.15) is 226 Å². The number of aliphatic hydroxyl groups excluding tert-OH is 1. The van der Waals surface area contributed by atoms with Gasteiger partial charge >= 0.3 is 25.7 Å². The SMILES string of the molecule is CC/C=C\C/C=C\C/C=C\C/C=C\CCCCC(=O)OCC(COP(=O)(O)OCC(CO)OC(=O)CCCCC/C=C\C/C=C\C/C=C\CC)OC(=O)CCCCCCCCC/C=C\CCCCCCCC. The summed E-state index contributed by atoms with van der Waals surface area (Å²) in [6.45, 7) is 4.32. The van der Waals surface area contributed by atoms with Crippen LogP contribution in [0.4, 0.5) is 0 Å². The molecule has 0 saturated heterocycles. The average Bonchev–Trinajstić information content (AvgIpc) is 3.37. The van der Waals surface area contributed by atoms with Gasteiger partial charge in [-0.1, -0.05) is 189 Å². The summed E-state index contributed by atoms with van der Waals surface area (Å²) in [6.07, 6.45) is 62.3. The van der Waals surface area contributed by atoms with E-state index in [4.69, 9.17) is 23.3 Å². The molecule has 0 aliphatic heterocycles. The standard InChI is InChI=1S/C60H101O11P/c1-4-7-10-13-16-19-22-25-27-28-30-33-36-39-42-45-48-51-60(64)71-57(53-67-58(62)49-46-43-40-37-34-32-29-26-23-20-17-14-11-8-5-2)55-69-72(65,66)68-54-56(52-61)70-59(63)50-47-44-41-38-35-31-24-21-18-15-12-9-6-3/h8-9,11-12,17-18,20-21,25-27,29,31,34-35,37,56-57,61H,4-7,10,13-16,19,22-24,28,30,32-33,36,38-55H2,1-3H3,(H,65,66)/b11-8-,12-9-,20-17-,21-18-,27-25-,29-26-,35-31-,37-34-. The number of carbonyl (C=O) groups is 3. The van der Waals surface area contributed by atoms with Gasteiger partial charge < -0.3 is 24.2 Å². The van der Waals surface area contributed by atoms with E-state index in [0.29, 0.717) is 19.3 Å². The first kappa shape index (κ1) is 68.4. The van der Waals surface area contributed by atoms with E-state index >= 15 is 0 Å². The van der Waals surface area contributed by atoms with E-state index in [1.165, 1.54) is 57.8 Å². The Labute approximate surface area is 438 Å². The number of ether oxygens (including phenoxy) is 3. The molecule has 0 aliphatic rings. The molecule has 0 amide bonds. The molecule has 412 valence electrons. The molecule has 2 N–H and O–H groups in total. The number of allylic oxidation sites excluding steroid dienone is 16. The van der Waals surface area contributed by atoms with Crippen LogP contribution in [0.15, 0.2) is 97.2 Å². The molecule has 0 heterocycles. The van der Waals surface area contributed by atoms with Gasteiger partial charge in [0.2, 0.25) is 0 Å². The first-order valence-corrected chi connectivity index (χ1v) is 29.6. The fourth-order valence-electron chi connectivity index (χ4n) is 7.24. The van der Waals surface area contributed by atoms with E-state index in [0.717, 1.165) is 109 Å². The highest BCUT2D eigenvalue weighted by molar-refractivity contribution is 7.47. The molecule has 0 aliphatic carbocycles. The molecule has 0 radical (unpaired) electrons. The van der Waals surface area contributed by atoms with Gasteiger partial charge in [-0.3, -0.25) is 23.4 Å². The van der Waals surface area contributed by atoms with Crippen molar-refractivity contribution >= 4 is 25.7 Å². The van der Waals surface area contributed by atoms with Gasteiger partial charge in [0.25, 0.3) is 0 Å². The molecule has 72 heavy (non-hydrogen) atoms. The van der Waals surface area contributed by atoms with E-state index < -0.39 is 57.8 Å². The zero-order valence-electron chi connectivity index (χ0n) is 45.4. The van der Waals surface area contributed by atoms with Crippen LogP contribution >= 0.6 is 7.82 Å². The van der Waals surface area contributed by atoms with Gasteiger partial charge in [-0.15, -0.1) is 0 Å². The Balaban J connectivity index is 4.83. The number of rotatable bonds is 51. The summed E-state index contributed by atoms with van der Waals surface area (Å²) >= 11 is 0. The maximum atomic E-state index is 12.9. The zero-order valence-corrected chi connectivity index (χ0v) is 46.3. The van der Waals surface area contributed by atoms with Crippen LogP contribution in [0.3, 0.4) is 0 Å². The molecule has 0 aromatic rings. The van der Waals surface area contributed by atoms with Crippen molar-refractivity contribution < 1.29 is 52.2 Å². The number of hydrogen-bond donors (Lipinski definition) is 2. The van der Waals surface area contributed by atoms with Crippen molar-refractivity contribution in [2.75, 3.05) is 26.4 Å². The summed E-state index contributed by atoms with van der Waals surface area (Å²) < 4.78 is 39.4. The van der Waals surface area contributed by atoms with Gasteiger partial charge in [-0.05, 0) is 116 Å². The molecule has 0 fully saturated rings. The Morgan fingerprint density at radius 3 is 1.17 bits per heavy atom. The van der Waals surface area contributed by atoms with Crippen LogP contribution < -0.4 is 0 Å².